The molecule has 0 bridgehead atoms. The molecule has 0 aliphatic carbocycles. The summed E-state index contributed by atoms with van der Waals surface area (Å²) in [7, 11) is 1.77. The number of aryl methyl sites for hydroxylation is 1. The number of hydrogen-bond acceptors (Lipinski definition) is 3. The third kappa shape index (κ3) is 2.08. The Kier molecular flexibility index (Phi) is 2.94. The zero-order chi connectivity index (χ0) is 13.4. The number of aromatic nitrogens is 4. The summed E-state index contributed by atoms with van der Waals surface area (Å²) in [4.78, 5) is 16.6. The first kappa shape index (κ1) is 12.1. The van der Waals surface area contributed by atoms with E-state index in [9.17, 15) is 4.79 Å². The number of rotatable bonds is 2. The summed E-state index contributed by atoms with van der Waals surface area (Å²) in [5.41, 5.74) is 1.57. The molecule has 2 aromatic heterocycles. The highest BCUT2D eigenvalue weighted by atomic mass is 79.9. The quantitative estimate of drug-likeness (QED) is 0.725. The highest BCUT2D eigenvalue weighted by Gasteiger charge is 2.09. The van der Waals surface area contributed by atoms with Crippen molar-refractivity contribution in [2.45, 2.75) is 6.54 Å². The van der Waals surface area contributed by atoms with E-state index in [-0.39, 0.29) is 5.56 Å². The Hall–Kier alpha value is -1.95. The maximum Gasteiger partial charge on any atom is 0.264 e. The first-order valence-electron chi connectivity index (χ1n) is 5.77. The van der Waals surface area contributed by atoms with E-state index in [0.29, 0.717) is 17.6 Å². The summed E-state index contributed by atoms with van der Waals surface area (Å²) in [6.07, 6.45) is 3.12. The van der Waals surface area contributed by atoms with Crippen LogP contribution in [0.25, 0.3) is 11.0 Å². The molecule has 1 aromatic carbocycles. The normalized spacial score (nSPS) is 11.1. The molecule has 0 saturated heterocycles. The molecule has 0 aliphatic heterocycles. The van der Waals surface area contributed by atoms with Crippen LogP contribution in [0.4, 0.5) is 0 Å². The molecule has 0 fully saturated rings. The second-order valence-corrected chi connectivity index (χ2v) is 5.13. The molecule has 0 radical (unpaired) electrons. The molecule has 0 spiro atoms. The average molecular weight is 319 g/mol. The van der Waals surface area contributed by atoms with Crippen molar-refractivity contribution >= 4 is 27.0 Å². The van der Waals surface area contributed by atoms with Crippen LogP contribution in [0.1, 0.15) is 5.56 Å². The SMILES string of the molecule is Cn1ncc2c(=O)n(Cc3ccccc3Br)cnc21. The van der Waals surface area contributed by atoms with Crippen molar-refractivity contribution < 1.29 is 0 Å². The molecule has 6 heteroatoms. The number of halogens is 1. The number of nitrogens with zero attached hydrogens (tertiary/aromatic N) is 4. The minimum absolute atomic E-state index is 0.0751. The van der Waals surface area contributed by atoms with Crippen LogP contribution in [-0.4, -0.2) is 19.3 Å². The van der Waals surface area contributed by atoms with E-state index in [1.165, 1.54) is 0 Å². The van der Waals surface area contributed by atoms with E-state index < -0.39 is 0 Å². The summed E-state index contributed by atoms with van der Waals surface area (Å²) < 4.78 is 4.16. The Morgan fingerprint density at radius 1 is 1.32 bits per heavy atom. The van der Waals surface area contributed by atoms with E-state index in [4.69, 9.17) is 0 Å². The Labute approximate surface area is 117 Å². The fourth-order valence-electron chi connectivity index (χ4n) is 1.99. The van der Waals surface area contributed by atoms with Gasteiger partial charge in [-0.1, -0.05) is 34.1 Å². The molecule has 3 rings (SSSR count). The Balaban J connectivity index is 2.09. The molecular weight excluding hydrogens is 308 g/mol. The van der Waals surface area contributed by atoms with Crippen LogP contribution in [0.2, 0.25) is 0 Å². The Morgan fingerprint density at radius 2 is 2.11 bits per heavy atom. The molecule has 0 aliphatic rings. The number of benzene rings is 1. The minimum atomic E-state index is -0.0751. The summed E-state index contributed by atoms with van der Waals surface area (Å²) >= 11 is 3.48. The van der Waals surface area contributed by atoms with Gasteiger partial charge in [-0.15, -0.1) is 0 Å². The van der Waals surface area contributed by atoms with Crippen LogP contribution in [0.3, 0.4) is 0 Å². The fraction of sp³-hybridized carbons (Fsp3) is 0.154. The van der Waals surface area contributed by atoms with Crippen molar-refractivity contribution in [3.63, 3.8) is 0 Å². The molecule has 0 N–H and O–H groups in total. The molecule has 3 aromatic rings. The van der Waals surface area contributed by atoms with E-state index in [2.05, 4.69) is 26.0 Å². The third-order valence-corrected chi connectivity index (χ3v) is 3.79. The first-order chi connectivity index (χ1) is 9.16. The zero-order valence-electron chi connectivity index (χ0n) is 10.2. The third-order valence-electron chi connectivity index (χ3n) is 3.02. The molecule has 0 atom stereocenters. The fourth-order valence-corrected chi connectivity index (χ4v) is 2.40. The van der Waals surface area contributed by atoms with Gasteiger partial charge in [-0.2, -0.15) is 5.10 Å². The lowest BCUT2D eigenvalue weighted by Gasteiger charge is -2.07. The van der Waals surface area contributed by atoms with Gasteiger partial charge < -0.3 is 0 Å². The van der Waals surface area contributed by atoms with E-state index >= 15 is 0 Å². The minimum Gasteiger partial charge on any atom is -0.294 e. The van der Waals surface area contributed by atoms with Gasteiger partial charge in [-0.3, -0.25) is 14.0 Å². The summed E-state index contributed by atoms with van der Waals surface area (Å²) in [5, 5.41) is 4.59. The van der Waals surface area contributed by atoms with E-state index in [1.807, 2.05) is 24.3 Å². The smallest absolute Gasteiger partial charge is 0.264 e. The molecule has 96 valence electrons. The predicted octanol–water partition coefficient (Wildman–Crippen LogP) is 1.94. The lowest BCUT2D eigenvalue weighted by Crippen LogP contribution is -2.21. The molecule has 2 heterocycles. The van der Waals surface area contributed by atoms with Gasteiger partial charge in [0, 0.05) is 11.5 Å². The lowest BCUT2D eigenvalue weighted by atomic mass is 10.2. The van der Waals surface area contributed by atoms with Gasteiger partial charge in [-0.25, -0.2) is 4.98 Å². The van der Waals surface area contributed by atoms with Gasteiger partial charge in [0.25, 0.3) is 5.56 Å². The Morgan fingerprint density at radius 3 is 2.89 bits per heavy atom. The molecule has 19 heavy (non-hydrogen) atoms. The average Bonchev–Trinajstić information content (AvgIpc) is 2.78. The van der Waals surface area contributed by atoms with Gasteiger partial charge in [0.2, 0.25) is 0 Å². The van der Waals surface area contributed by atoms with Crippen molar-refractivity contribution in [1.82, 2.24) is 19.3 Å². The van der Waals surface area contributed by atoms with Gasteiger partial charge >= 0.3 is 0 Å². The van der Waals surface area contributed by atoms with Crippen LogP contribution >= 0.6 is 15.9 Å². The van der Waals surface area contributed by atoms with Crippen LogP contribution in [-0.2, 0) is 13.6 Å². The monoisotopic (exact) mass is 318 g/mol. The second-order valence-electron chi connectivity index (χ2n) is 4.27. The molecule has 5 nitrogen and oxygen atoms in total. The van der Waals surface area contributed by atoms with Crippen LogP contribution < -0.4 is 5.56 Å². The van der Waals surface area contributed by atoms with Crippen molar-refractivity contribution in [2.75, 3.05) is 0 Å². The maximum absolute atomic E-state index is 12.3. The van der Waals surface area contributed by atoms with Crippen LogP contribution in [0.5, 0.6) is 0 Å². The zero-order valence-corrected chi connectivity index (χ0v) is 11.8. The van der Waals surface area contributed by atoms with Gasteiger partial charge in [0.1, 0.15) is 11.7 Å². The highest BCUT2D eigenvalue weighted by Crippen LogP contribution is 2.16. The molecular formula is C13H11BrN4O. The van der Waals surface area contributed by atoms with Crippen molar-refractivity contribution in [3.8, 4) is 0 Å². The largest absolute Gasteiger partial charge is 0.294 e. The summed E-state index contributed by atoms with van der Waals surface area (Å²) in [6.45, 7) is 0.484. The highest BCUT2D eigenvalue weighted by molar-refractivity contribution is 9.10. The number of hydrogen-bond donors (Lipinski definition) is 0. The Bertz CT molecular complexity index is 806. The van der Waals surface area contributed by atoms with Crippen molar-refractivity contribution in [2.24, 2.45) is 7.05 Å². The summed E-state index contributed by atoms with van der Waals surface area (Å²) in [5.74, 6) is 0. The van der Waals surface area contributed by atoms with Gasteiger partial charge in [0.15, 0.2) is 5.65 Å². The second kappa shape index (κ2) is 4.62. The topological polar surface area (TPSA) is 52.7 Å². The van der Waals surface area contributed by atoms with Crippen LogP contribution in [0, 0.1) is 0 Å². The predicted molar refractivity (Wildman–Crippen MR) is 76.0 cm³/mol. The van der Waals surface area contributed by atoms with E-state index in [1.54, 1.807) is 28.8 Å². The van der Waals surface area contributed by atoms with Crippen molar-refractivity contribution in [3.05, 3.63) is 57.2 Å². The molecule has 0 saturated carbocycles. The number of fused-ring (bicyclic) bond motifs is 1. The standard InChI is InChI=1S/C13H11BrN4O/c1-17-12-10(6-16-17)13(19)18(8-15-12)7-9-4-2-3-5-11(9)14/h2-6,8H,7H2,1H3. The van der Waals surface area contributed by atoms with Crippen molar-refractivity contribution in [1.29, 1.82) is 0 Å². The summed E-state index contributed by atoms with van der Waals surface area (Å²) in [6, 6.07) is 7.82. The maximum atomic E-state index is 12.3. The van der Waals surface area contributed by atoms with Gasteiger partial charge in [0.05, 0.1) is 12.7 Å². The van der Waals surface area contributed by atoms with Gasteiger partial charge in [-0.05, 0) is 11.6 Å². The molecule has 0 amide bonds. The first-order valence-corrected chi connectivity index (χ1v) is 6.56. The lowest BCUT2D eigenvalue weighted by molar-refractivity contribution is 0.735. The molecule has 0 unspecified atom stereocenters. The van der Waals surface area contributed by atoms with E-state index in [0.717, 1.165) is 10.0 Å². The van der Waals surface area contributed by atoms with Crippen LogP contribution in [0.15, 0.2) is 46.1 Å².